The normalized spacial score (nSPS) is 22.8. The molecule has 0 aromatic carbocycles. The van der Waals surface area contributed by atoms with Gasteiger partial charge in [-0.25, -0.2) is 0 Å². The second-order valence-electron chi connectivity index (χ2n) is 7.22. The number of rotatable bonds is 6. The lowest BCUT2D eigenvalue weighted by Crippen LogP contribution is -2.60. The summed E-state index contributed by atoms with van der Waals surface area (Å²) in [6, 6.07) is 0. The summed E-state index contributed by atoms with van der Waals surface area (Å²) in [7, 11) is 0. The highest BCUT2D eigenvalue weighted by atomic mass is 15.2. The number of unbranched alkanes of at least 4 members (excludes halogenated alkanes) is 1. The molecule has 0 aliphatic carbocycles. The molecule has 2 heterocycles. The number of allylic oxidation sites excluding steroid dienone is 1. The molecular weight excluding hydrogens is 232 g/mol. The van der Waals surface area contributed by atoms with Crippen LogP contribution in [0.1, 0.15) is 52.9 Å². The zero-order chi connectivity index (χ0) is 13.9. The van der Waals surface area contributed by atoms with Gasteiger partial charge in [-0.1, -0.05) is 33.8 Å². The molecule has 2 fully saturated rings. The van der Waals surface area contributed by atoms with Crippen molar-refractivity contribution in [2.75, 3.05) is 32.7 Å². The minimum atomic E-state index is 0.663. The minimum absolute atomic E-state index is 0.663. The van der Waals surface area contributed by atoms with Gasteiger partial charge in [0.25, 0.3) is 0 Å². The molecule has 110 valence electrons. The van der Waals surface area contributed by atoms with Gasteiger partial charge in [0.2, 0.25) is 0 Å². The number of likely N-dealkylation sites (tertiary alicyclic amines) is 2. The van der Waals surface area contributed by atoms with Crippen molar-refractivity contribution in [1.82, 2.24) is 9.80 Å². The first-order chi connectivity index (χ1) is 9.04. The fourth-order valence-electron chi connectivity index (χ4n) is 3.70. The lowest BCUT2D eigenvalue weighted by molar-refractivity contribution is -0.0464. The third-order valence-corrected chi connectivity index (χ3v) is 4.83. The van der Waals surface area contributed by atoms with Gasteiger partial charge in [-0.2, -0.15) is 0 Å². The van der Waals surface area contributed by atoms with Gasteiger partial charge in [0.05, 0.1) is 0 Å². The fourth-order valence-corrected chi connectivity index (χ4v) is 3.70. The van der Waals surface area contributed by atoms with Crippen LogP contribution in [0.2, 0.25) is 0 Å². The maximum Gasteiger partial charge on any atom is 0.0181 e. The van der Waals surface area contributed by atoms with Crippen LogP contribution in [0.15, 0.2) is 12.3 Å². The summed E-state index contributed by atoms with van der Waals surface area (Å²) in [5, 5.41) is 0. The molecule has 0 amide bonds. The highest BCUT2D eigenvalue weighted by Crippen LogP contribution is 2.41. The summed E-state index contributed by atoms with van der Waals surface area (Å²) >= 11 is 0. The SMILES string of the molecule is C=C(CCCC)N1CCC2(CC1)CN(CC(C)C)C2. The Kier molecular flexibility index (Phi) is 4.94. The van der Waals surface area contributed by atoms with Crippen LogP contribution in [0, 0.1) is 11.3 Å². The van der Waals surface area contributed by atoms with Crippen molar-refractivity contribution in [3.05, 3.63) is 12.3 Å². The summed E-state index contributed by atoms with van der Waals surface area (Å²) in [6.45, 7) is 17.7. The highest BCUT2D eigenvalue weighted by Gasteiger charge is 2.44. The molecule has 2 aliphatic heterocycles. The average Bonchev–Trinajstić information content (AvgIpc) is 2.34. The van der Waals surface area contributed by atoms with E-state index in [-0.39, 0.29) is 0 Å². The van der Waals surface area contributed by atoms with E-state index in [1.165, 1.54) is 70.5 Å². The molecule has 1 spiro atoms. The summed E-state index contributed by atoms with van der Waals surface area (Å²) in [4.78, 5) is 5.19. The Morgan fingerprint density at radius 3 is 2.37 bits per heavy atom. The van der Waals surface area contributed by atoms with Crippen molar-refractivity contribution in [3.63, 3.8) is 0 Å². The van der Waals surface area contributed by atoms with Gasteiger partial charge in [-0.05, 0) is 37.0 Å². The van der Waals surface area contributed by atoms with E-state index < -0.39 is 0 Å². The van der Waals surface area contributed by atoms with Crippen molar-refractivity contribution in [2.24, 2.45) is 11.3 Å². The number of nitrogens with zero attached hydrogens (tertiary/aromatic N) is 2. The first-order valence-corrected chi connectivity index (χ1v) is 8.20. The third-order valence-electron chi connectivity index (χ3n) is 4.83. The smallest absolute Gasteiger partial charge is 0.0181 e. The molecule has 2 rings (SSSR count). The van der Waals surface area contributed by atoms with Gasteiger partial charge < -0.3 is 9.80 Å². The van der Waals surface area contributed by atoms with Crippen LogP contribution < -0.4 is 0 Å². The molecule has 0 atom stereocenters. The molecule has 0 aromatic heterocycles. The van der Waals surface area contributed by atoms with Crippen LogP contribution in [0.3, 0.4) is 0 Å². The molecule has 19 heavy (non-hydrogen) atoms. The topological polar surface area (TPSA) is 6.48 Å². The van der Waals surface area contributed by atoms with Crippen LogP contribution in [0.25, 0.3) is 0 Å². The van der Waals surface area contributed by atoms with Crippen molar-refractivity contribution in [2.45, 2.75) is 52.9 Å². The third kappa shape index (κ3) is 3.75. The Labute approximate surface area is 119 Å². The lowest BCUT2D eigenvalue weighted by Gasteiger charge is -2.55. The summed E-state index contributed by atoms with van der Waals surface area (Å²) in [6.07, 6.45) is 6.53. The molecule has 0 saturated carbocycles. The molecule has 0 radical (unpaired) electrons. The maximum atomic E-state index is 4.28. The molecule has 2 heteroatoms. The van der Waals surface area contributed by atoms with Gasteiger partial charge in [-0.15, -0.1) is 0 Å². The summed E-state index contributed by atoms with van der Waals surface area (Å²) in [5.74, 6) is 0.811. The van der Waals surface area contributed by atoms with Crippen LogP contribution in [-0.4, -0.2) is 42.5 Å². The van der Waals surface area contributed by atoms with E-state index in [0.717, 1.165) is 5.92 Å². The Bertz CT molecular complexity index is 292. The first kappa shape index (κ1) is 14.9. The van der Waals surface area contributed by atoms with Crippen molar-refractivity contribution in [1.29, 1.82) is 0 Å². The Balaban J connectivity index is 1.70. The second kappa shape index (κ2) is 6.30. The predicted octanol–water partition coefficient (Wildman–Crippen LogP) is 3.74. The molecule has 2 nitrogen and oxygen atoms in total. The molecule has 0 bridgehead atoms. The van der Waals surface area contributed by atoms with E-state index in [9.17, 15) is 0 Å². The van der Waals surface area contributed by atoms with Gasteiger partial charge in [0, 0.05) is 38.4 Å². The molecular formula is C17H32N2. The fraction of sp³-hybridized carbons (Fsp3) is 0.882. The van der Waals surface area contributed by atoms with Gasteiger partial charge >= 0.3 is 0 Å². The minimum Gasteiger partial charge on any atom is -0.375 e. The Morgan fingerprint density at radius 2 is 1.84 bits per heavy atom. The number of piperidine rings is 1. The van der Waals surface area contributed by atoms with Crippen LogP contribution in [0.5, 0.6) is 0 Å². The van der Waals surface area contributed by atoms with Gasteiger partial charge in [0.15, 0.2) is 0 Å². The van der Waals surface area contributed by atoms with Crippen LogP contribution in [0.4, 0.5) is 0 Å². The van der Waals surface area contributed by atoms with E-state index in [1.54, 1.807) is 0 Å². The van der Waals surface area contributed by atoms with Crippen molar-refractivity contribution in [3.8, 4) is 0 Å². The first-order valence-electron chi connectivity index (χ1n) is 8.20. The zero-order valence-electron chi connectivity index (χ0n) is 13.2. The standard InChI is InChI=1S/C17H32N2/c1-5-6-7-16(4)19-10-8-17(9-11-19)13-18(14-17)12-15(2)3/h15H,4-14H2,1-3H3. The maximum absolute atomic E-state index is 4.28. The molecule has 0 N–H and O–H groups in total. The van der Waals surface area contributed by atoms with Gasteiger partial charge in [-0.3, -0.25) is 0 Å². The second-order valence-corrected chi connectivity index (χ2v) is 7.22. The lowest BCUT2D eigenvalue weighted by atomic mass is 9.71. The van der Waals surface area contributed by atoms with E-state index >= 15 is 0 Å². The Hall–Kier alpha value is -0.500. The van der Waals surface area contributed by atoms with E-state index in [2.05, 4.69) is 37.1 Å². The summed E-state index contributed by atoms with van der Waals surface area (Å²) in [5.41, 5.74) is 2.05. The van der Waals surface area contributed by atoms with E-state index in [4.69, 9.17) is 0 Å². The quantitative estimate of drug-likeness (QED) is 0.721. The zero-order valence-corrected chi connectivity index (χ0v) is 13.2. The number of hydrogen-bond acceptors (Lipinski definition) is 2. The van der Waals surface area contributed by atoms with E-state index in [1.807, 2.05) is 0 Å². The molecule has 2 aliphatic rings. The van der Waals surface area contributed by atoms with Crippen molar-refractivity contribution < 1.29 is 0 Å². The van der Waals surface area contributed by atoms with Gasteiger partial charge in [0.1, 0.15) is 0 Å². The van der Waals surface area contributed by atoms with Crippen molar-refractivity contribution >= 4 is 0 Å². The predicted molar refractivity (Wildman–Crippen MR) is 83.2 cm³/mol. The molecule has 0 unspecified atom stereocenters. The molecule has 0 aromatic rings. The molecule has 2 saturated heterocycles. The average molecular weight is 264 g/mol. The largest absolute Gasteiger partial charge is 0.375 e. The number of hydrogen-bond donors (Lipinski definition) is 0. The summed E-state index contributed by atoms with van der Waals surface area (Å²) < 4.78 is 0. The van der Waals surface area contributed by atoms with Crippen LogP contribution >= 0.6 is 0 Å². The van der Waals surface area contributed by atoms with Crippen LogP contribution in [-0.2, 0) is 0 Å². The van der Waals surface area contributed by atoms with E-state index in [0.29, 0.717) is 5.41 Å². The highest BCUT2D eigenvalue weighted by molar-refractivity contribution is 5.03. The Morgan fingerprint density at radius 1 is 1.21 bits per heavy atom. The monoisotopic (exact) mass is 264 g/mol.